The molecule has 3 fully saturated rings. The summed E-state index contributed by atoms with van der Waals surface area (Å²) in [5.74, 6) is -3.32. The molecule has 5 heterocycles. The summed E-state index contributed by atoms with van der Waals surface area (Å²) in [7, 11) is 0. The lowest BCUT2D eigenvalue weighted by Crippen LogP contribution is -2.88. The van der Waals surface area contributed by atoms with Crippen LogP contribution in [0.15, 0.2) is 16.7 Å². The largest absolute Gasteiger partial charge is 0.474 e. The van der Waals surface area contributed by atoms with E-state index < -0.39 is 63.0 Å². The number of esters is 1. The van der Waals surface area contributed by atoms with Gasteiger partial charge in [-0.1, -0.05) is 16.4 Å². The second-order valence-corrected chi connectivity index (χ2v) is 10.2. The number of aromatic nitrogens is 1. The molecular weight excluding hydrogens is 490 g/mol. The number of thioether (sulfide) groups is 1. The minimum absolute atomic E-state index is 0.0112. The van der Waals surface area contributed by atoms with Gasteiger partial charge in [-0.3, -0.25) is 14.9 Å². The molecule has 3 unspecified atom stereocenters. The van der Waals surface area contributed by atoms with Crippen molar-refractivity contribution >= 4 is 58.0 Å². The number of nitrogens with one attached hydrogen (secondary N) is 3. The zero-order chi connectivity index (χ0) is 24.4. The number of ether oxygens (including phenoxy) is 1. The number of carboxylic acids is 1. The van der Waals surface area contributed by atoms with Crippen LogP contribution < -0.4 is 21.7 Å². The average Bonchev–Trinajstić information content (AvgIpc) is 3.41. The Balaban J connectivity index is 1.84. The molecule has 4 aliphatic heterocycles. The number of rotatable bonds is 5. The third-order valence-corrected chi connectivity index (χ3v) is 8.59. The smallest absolute Gasteiger partial charge is 0.393 e. The number of β-lactam (4-membered cyclic amide) rings is 1. The van der Waals surface area contributed by atoms with Gasteiger partial charge in [0.1, 0.15) is 11.5 Å². The second kappa shape index (κ2) is 7.66. The molecule has 0 radical (unpaired) electrons. The molecular formula is C18H20N7O7S2+. The van der Waals surface area contributed by atoms with E-state index in [1.807, 2.05) is 0 Å². The Morgan fingerprint density at radius 1 is 1.41 bits per heavy atom. The van der Waals surface area contributed by atoms with Crippen molar-refractivity contribution < 1.29 is 38.4 Å². The number of hydrogen-bond acceptors (Lipinski definition) is 11. The average molecular weight is 511 g/mol. The van der Waals surface area contributed by atoms with Crippen LogP contribution in [0.5, 0.6) is 0 Å². The molecule has 0 aromatic carbocycles. The Labute approximate surface area is 200 Å². The number of nitrogen functional groups attached to an aromatic ring is 1. The van der Waals surface area contributed by atoms with Gasteiger partial charge in [0.15, 0.2) is 5.13 Å². The van der Waals surface area contributed by atoms with Crippen molar-refractivity contribution in [3.8, 4) is 0 Å². The molecule has 0 aliphatic carbocycles. The number of carbonyl (C=O) groups is 5. The van der Waals surface area contributed by atoms with E-state index in [2.05, 4.69) is 20.9 Å². The molecule has 0 saturated carbocycles. The molecule has 180 valence electrons. The number of hydrogen-bond donors (Lipinski definition) is 5. The summed E-state index contributed by atoms with van der Waals surface area (Å²) in [6.45, 7) is 0.635. The van der Waals surface area contributed by atoms with Crippen LogP contribution in [0.2, 0.25) is 0 Å². The second-order valence-electron chi connectivity index (χ2n) is 7.95. The minimum atomic E-state index is -1.47. The van der Waals surface area contributed by atoms with E-state index in [0.717, 1.165) is 35.0 Å². The van der Waals surface area contributed by atoms with Crippen molar-refractivity contribution in [1.29, 1.82) is 0 Å². The Morgan fingerprint density at radius 3 is 2.76 bits per heavy atom. The Hall–Kier alpha value is -3.21. The van der Waals surface area contributed by atoms with Crippen molar-refractivity contribution in [2.45, 2.75) is 23.2 Å². The molecule has 14 nitrogen and oxygen atoms in total. The van der Waals surface area contributed by atoms with Crippen LogP contribution in [0.4, 0.5) is 9.93 Å². The molecule has 2 bridgehead atoms. The summed E-state index contributed by atoms with van der Waals surface area (Å²) in [5, 5.41) is 20.8. The highest BCUT2D eigenvalue weighted by Gasteiger charge is 2.79. The first-order valence-corrected chi connectivity index (χ1v) is 11.9. The fourth-order valence-corrected chi connectivity index (χ4v) is 7.35. The fraction of sp³-hybridized carbons (Fsp3) is 0.444. The van der Waals surface area contributed by atoms with Crippen LogP contribution >= 0.6 is 23.1 Å². The van der Waals surface area contributed by atoms with E-state index in [9.17, 15) is 29.1 Å². The fourth-order valence-electron chi connectivity index (χ4n) is 4.82. The van der Waals surface area contributed by atoms with E-state index in [1.165, 1.54) is 0 Å². The normalized spacial score (nSPS) is 32.4. The number of amides is 4. The number of urea groups is 1. The van der Waals surface area contributed by atoms with Crippen molar-refractivity contribution in [3.05, 3.63) is 22.3 Å². The summed E-state index contributed by atoms with van der Waals surface area (Å²) in [4.78, 5) is 66.4. The van der Waals surface area contributed by atoms with Crippen molar-refractivity contribution in [2.75, 3.05) is 32.0 Å². The summed E-state index contributed by atoms with van der Waals surface area (Å²) in [5.41, 5.74) is 5.73. The van der Waals surface area contributed by atoms with Gasteiger partial charge in [-0.15, -0.1) is 11.3 Å². The highest BCUT2D eigenvalue weighted by atomic mass is 32.2. The summed E-state index contributed by atoms with van der Waals surface area (Å²) >= 11 is 2.25. The van der Waals surface area contributed by atoms with E-state index >= 15 is 0 Å². The lowest BCUT2D eigenvalue weighted by atomic mass is 9.93. The Morgan fingerprint density at radius 2 is 2.18 bits per heavy atom. The maximum Gasteiger partial charge on any atom is 0.393 e. The van der Waals surface area contributed by atoms with Gasteiger partial charge in [0.05, 0.1) is 24.4 Å². The van der Waals surface area contributed by atoms with E-state index in [-0.39, 0.29) is 30.3 Å². The Bertz CT molecular complexity index is 1190. The van der Waals surface area contributed by atoms with E-state index in [4.69, 9.17) is 10.5 Å². The summed E-state index contributed by atoms with van der Waals surface area (Å²) in [6.07, 6.45) is 0. The van der Waals surface area contributed by atoms with Gasteiger partial charge in [-0.25, -0.2) is 19.4 Å². The van der Waals surface area contributed by atoms with E-state index in [1.54, 1.807) is 5.38 Å². The predicted octanol–water partition coefficient (Wildman–Crippen LogP) is -1.76. The summed E-state index contributed by atoms with van der Waals surface area (Å²) in [6, 6.07) is -1.67. The number of thiazole rings is 1. The number of nitrogens with two attached hydrogens (primary N) is 1. The van der Waals surface area contributed by atoms with Crippen molar-refractivity contribution in [1.82, 2.24) is 25.9 Å². The number of carboxylic acid groups (broad SMARTS) is 1. The number of quaternary nitrogens is 1. The Kier molecular flexibility index (Phi) is 5.08. The quantitative estimate of drug-likeness (QED) is 0.171. The zero-order valence-electron chi connectivity index (χ0n) is 17.7. The lowest BCUT2D eigenvalue weighted by molar-refractivity contribution is -0.953. The molecule has 16 heteroatoms. The molecule has 34 heavy (non-hydrogen) atoms. The first-order valence-electron chi connectivity index (χ1n) is 10.2. The highest BCUT2D eigenvalue weighted by Crippen LogP contribution is 2.59. The molecule has 6 N–H and O–H groups in total. The van der Waals surface area contributed by atoms with Crippen LogP contribution in [-0.2, 0) is 28.8 Å². The number of carbonyl (C=O) groups excluding carboxylic acids is 4. The van der Waals surface area contributed by atoms with Gasteiger partial charge in [0.25, 0.3) is 5.70 Å². The molecule has 4 amide bonds. The summed E-state index contributed by atoms with van der Waals surface area (Å²) < 4.78 is 4.28. The van der Waals surface area contributed by atoms with Gasteiger partial charge in [-0.05, 0) is 0 Å². The van der Waals surface area contributed by atoms with E-state index in [0.29, 0.717) is 5.69 Å². The van der Waals surface area contributed by atoms with Crippen LogP contribution in [0.1, 0.15) is 12.6 Å². The first-order chi connectivity index (χ1) is 16.1. The van der Waals surface area contributed by atoms with Crippen molar-refractivity contribution in [2.24, 2.45) is 0 Å². The molecule has 4 atom stereocenters. The highest BCUT2D eigenvalue weighted by molar-refractivity contribution is 8.01. The third-order valence-electron chi connectivity index (χ3n) is 6.14. The molecule has 1 aromatic rings. The number of aliphatic carboxylic acids is 1. The molecule has 3 saturated heterocycles. The predicted molar refractivity (Wildman–Crippen MR) is 116 cm³/mol. The van der Waals surface area contributed by atoms with Crippen LogP contribution in [-0.4, -0.2) is 87.1 Å². The molecule has 0 spiro atoms. The van der Waals surface area contributed by atoms with Crippen LogP contribution in [0.3, 0.4) is 0 Å². The zero-order valence-corrected chi connectivity index (χ0v) is 19.3. The van der Waals surface area contributed by atoms with Gasteiger partial charge < -0.3 is 26.2 Å². The number of anilines is 1. The minimum Gasteiger partial charge on any atom is -0.474 e. The van der Waals surface area contributed by atoms with Gasteiger partial charge in [-0.2, -0.15) is 5.01 Å². The topological polar surface area (TPSA) is 193 Å². The van der Waals surface area contributed by atoms with Crippen molar-refractivity contribution in [3.63, 3.8) is 0 Å². The number of fused-ring (bicyclic) bond motifs is 1. The lowest BCUT2D eigenvalue weighted by Gasteiger charge is -2.60. The SMILES string of the molecule is CC(=O)OCC1=C(C(=O)O)[N+]2(N3CCNC3=O)C(=O)C3NC(=O)CNC1(c1csc(N)n1)S[C@@H]32. The number of nitrogens with zero attached hydrogens (tertiary/aromatic N) is 3. The van der Waals surface area contributed by atoms with Gasteiger partial charge in [0, 0.05) is 18.8 Å². The molecule has 4 aliphatic rings. The maximum atomic E-state index is 13.6. The maximum absolute atomic E-state index is 13.6. The monoisotopic (exact) mass is 510 g/mol. The molecule has 1 aromatic heterocycles. The molecule has 5 rings (SSSR count). The third kappa shape index (κ3) is 2.88. The van der Waals surface area contributed by atoms with Crippen LogP contribution in [0.25, 0.3) is 0 Å². The van der Waals surface area contributed by atoms with Gasteiger partial charge >= 0.3 is 23.9 Å². The van der Waals surface area contributed by atoms with Crippen LogP contribution in [0, 0.1) is 0 Å². The first kappa shape index (κ1) is 22.6. The van der Waals surface area contributed by atoms with Gasteiger partial charge in [0.2, 0.25) is 17.3 Å². The standard InChI is InChI=1S/C18H19N7O7S2/c1-7(26)32-5-8-12(15(29)30)25(24-3-2-20-17(24)31)13(28)11-14(25)34-18(8,21-4-10(27)23-11)9-6-33-16(19)22-9/h6,11,14,21H,2-5H2,1H3,(H4-,19,20,22,23,27,29,30,31)/p+1/t11?,14-,18?,25?/m0/s1.